The summed E-state index contributed by atoms with van der Waals surface area (Å²) in [6.45, 7) is 0.376. The molecule has 2 fully saturated rings. The minimum atomic E-state index is -0.983. The second-order valence-corrected chi connectivity index (χ2v) is 6.19. The Morgan fingerprint density at radius 1 is 1.16 bits per heavy atom. The van der Waals surface area contributed by atoms with Crippen molar-refractivity contribution >= 4 is 29.6 Å². The SMILES string of the molecule is CSCCN1C(=O)NC(=O)C2(CCCCCC2)C1=O. The average molecular weight is 284 g/mol. The molecular weight excluding hydrogens is 264 g/mol. The average Bonchev–Trinajstić information content (AvgIpc) is 2.63. The fourth-order valence-corrected chi connectivity index (χ4v) is 3.26. The minimum Gasteiger partial charge on any atom is -0.277 e. The smallest absolute Gasteiger partial charge is 0.277 e. The van der Waals surface area contributed by atoms with Crippen LogP contribution in [0, 0.1) is 5.41 Å². The lowest BCUT2D eigenvalue weighted by Crippen LogP contribution is -2.64. The molecule has 1 aliphatic carbocycles. The number of nitrogens with zero attached hydrogens (tertiary/aromatic N) is 1. The maximum absolute atomic E-state index is 12.6. The summed E-state index contributed by atoms with van der Waals surface area (Å²) in [7, 11) is 0. The first-order chi connectivity index (χ1) is 9.12. The molecule has 1 saturated carbocycles. The Bertz CT molecular complexity index is 389. The fourth-order valence-electron chi connectivity index (χ4n) is 2.89. The third-order valence-corrected chi connectivity index (χ3v) is 4.62. The van der Waals surface area contributed by atoms with E-state index in [0.717, 1.165) is 25.7 Å². The predicted octanol–water partition coefficient (Wildman–Crippen LogP) is 1.77. The lowest BCUT2D eigenvalue weighted by atomic mass is 9.77. The summed E-state index contributed by atoms with van der Waals surface area (Å²) in [6.07, 6.45) is 6.94. The van der Waals surface area contributed by atoms with Crippen LogP contribution in [0.1, 0.15) is 38.5 Å². The van der Waals surface area contributed by atoms with E-state index < -0.39 is 11.4 Å². The van der Waals surface area contributed by atoms with Gasteiger partial charge in [-0.25, -0.2) is 4.79 Å². The van der Waals surface area contributed by atoms with Crippen molar-refractivity contribution in [1.82, 2.24) is 10.2 Å². The van der Waals surface area contributed by atoms with E-state index >= 15 is 0 Å². The van der Waals surface area contributed by atoms with Gasteiger partial charge in [0.25, 0.3) is 0 Å². The molecule has 106 valence electrons. The second-order valence-electron chi connectivity index (χ2n) is 5.21. The molecule has 1 spiro atoms. The standard InChI is InChI=1S/C13H20N2O3S/c1-19-9-8-15-11(17)13(10(16)14-12(15)18)6-4-2-3-5-7-13/h2-9H2,1H3,(H,14,16,18). The van der Waals surface area contributed by atoms with Crippen LogP contribution in [0.5, 0.6) is 0 Å². The molecule has 0 aromatic heterocycles. The van der Waals surface area contributed by atoms with Crippen LogP contribution < -0.4 is 5.32 Å². The number of hydrogen-bond acceptors (Lipinski definition) is 4. The molecule has 6 heteroatoms. The highest BCUT2D eigenvalue weighted by atomic mass is 32.2. The summed E-state index contributed by atoms with van der Waals surface area (Å²) < 4.78 is 0. The monoisotopic (exact) mass is 284 g/mol. The fraction of sp³-hybridized carbons (Fsp3) is 0.769. The van der Waals surface area contributed by atoms with Gasteiger partial charge >= 0.3 is 6.03 Å². The van der Waals surface area contributed by atoms with Crippen LogP contribution in [0.4, 0.5) is 4.79 Å². The number of rotatable bonds is 3. The molecule has 0 aromatic carbocycles. The van der Waals surface area contributed by atoms with Crippen LogP contribution in [0.25, 0.3) is 0 Å². The molecule has 5 nitrogen and oxygen atoms in total. The molecule has 1 N–H and O–H groups in total. The van der Waals surface area contributed by atoms with Gasteiger partial charge in [-0.15, -0.1) is 0 Å². The van der Waals surface area contributed by atoms with Crippen LogP contribution in [0.15, 0.2) is 0 Å². The Balaban J connectivity index is 2.23. The van der Waals surface area contributed by atoms with Gasteiger partial charge in [0.05, 0.1) is 0 Å². The molecule has 4 amide bonds. The molecule has 0 radical (unpaired) electrons. The highest BCUT2D eigenvalue weighted by Gasteiger charge is 2.52. The van der Waals surface area contributed by atoms with E-state index in [1.54, 1.807) is 11.8 Å². The first kappa shape index (κ1) is 14.4. The lowest BCUT2D eigenvalue weighted by Gasteiger charge is -2.38. The van der Waals surface area contributed by atoms with Crippen molar-refractivity contribution in [3.63, 3.8) is 0 Å². The van der Waals surface area contributed by atoms with Gasteiger partial charge in [0, 0.05) is 12.3 Å². The summed E-state index contributed by atoms with van der Waals surface area (Å²) in [5.74, 6) is 0.0330. The van der Waals surface area contributed by atoms with Gasteiger partial charge in [0.2, 0.25) is 11.8 Å². The van der Waals surface area contributed by atoms with Gasteiger partial charge in [0.15, 0.2) is 0 Å². The van der Waals surface area contributed by atoms with Crippen LogP contribution in [-0.2, 0) is 9.59 Å². The van der Waals surface area contributed by atoms with Crippen LogP contribution >= 0.6 is 11.8 Å². The molecule has 19 heavy (non-hydrogen) atoms. The summed E-state index contributed by atoms with van der Waals surface area (Å²) in [5.41, 5.74) is -0.983. The summed E-state index contributed by atoms with van der Waals surface area (Å²) in [6, 6.07) is -0.557. The Hall–Kier alpha value is -1.04. The van der Waals surface area contributed by atoms with E-state index in [4.69, 9.17) is 0 Å². The van der Waals surface area contributed by atoms with E-state index in [-0.39, 0.29) is 11.8 Å². The molecule has 2 rings (SSSR count). The van der Waals surface area contributed by atoms with Gasteiger partial charge in [-0.05, 0) is 19.1 Å². The second kappa shape index (κ2) is 5.94. The molecule has 0 unspecified atom stereocenters. The number of carbonyl (C=O) groups is 3. The minimum absolute atomic E-state index is 0.280. The molecule has 1 heterocycles. The molecule has 1 saturated heterocycles. The van der Waals surface area contributed by atoms with Gasteiger partial charge in [-0.2, -0.15) is 11.8 Å². The zero-order chi connectivity index (χ0) is 13.9. The number of nitrogens with one attached hydrogen (secondary N) is 1. The Morgan fingerprint density at radius 3 is 2.37 bits per heavy atom. The Labute approximate surface area is 117 Å². The van der Waals surface area contributed by atoms with Gasteiger partial charge in [-0.3, -0.25) is 19.8 Å². The summed E-state index contributed by atoms with van der Waals surface area (Å²) >= 11 is 1.58. The van der Waals surface area contributed by atoms with Crippen molar-refractivity contribution in [3.8, 4) is 0 Å². The molecule has 0 aromatic rings. The third kappa shape index (κ3) is 2.63. The van der Waals surface area contributed by atoms with Crippen molar-refractivity contribution < 1.29 is 14.4 Å². The van der Waals surface area contributed by atoms with Crippen molar-refractivity contribution in [2.75, 3.05) is 18.6 Å². The number of carbonyl (C=O) groups excluding carboxylic acids is 3. The van der Waals surface area contributed by atoms with E-state index in [1.165, 1.54) is 4.90 Å². The highest BCUT2D eigenvalue weighted by molar-refractivity contribution is 7.98. The number of urea groups is 1. The van der Waals surface area contributed by atoms with Crippen LogP contribution in [-0.4, -0.2) is 41.3 Å². The first-order valence-corrected chi connectivity index (χ1v) is 8.17. The number of thioether (sulfide) groups is 1. The van der Waals surface area contributed by atoms with Crippen molar-refractivity contribution in [3.05, 3.63) is 0 Å². The number of imide groups is 2. The zero-order valence-corrected chi connectivity index (χ0v) is 12.1. The van der Waals surface area contributed by atoms with Crippen LogP contribution in [0.2, 0.25) is 0 Å². The quantitative estimate of drug-likeness (QED) is 0.802. The van der Waals surface area contributed by atoms with Crippen molar-refractivity contribution in [1.29, 1.82) is 0 Å². The Morgan fingerprint density at radius 2 is 1.79 bits per heavy atom. The third-order valence-electron chi connectivity index (χ3n) is 4.03. The van der Waals surface area contributed by atoms with Crippen molar-refractivity contribution in [2.45, 2.75) is 38.5 Å². The van der Waals surface area contributed by atoms with E-state index in [0.29, 0.717) is 25.1 Å². The molecule has 0 bridgehead atoms. The molecular formula is C13H20N2O3S. The normalized spacial score (nSPS) is 23.4. The van der Waals surface area contributed by atoms with E-state index in [9.17, 15) is 14.4 Å². The zero-order valence-electron chi connectivity index (χ0n) is 11.2. The van der Waals surface area contributed by atoms with Gasteiger partial charge in [0.1, 0.15) is 5.41 Å². The number of amides is 4. The predicted molar refractivity (Wildman–Crippen MR) is 73.8 cm³/mol. The maximum atomic E-state index is 12.6. The first-order valence-electron chi connectivity index (χ1n) is 6.78. The van der Waals surface area contributed by atoms with Gasteiger partial charge in [-0.1, -0.05) is 25.7 Å². The lowest BCUT2D eigenvalue weighted by molar-refractivity contribution is -0.152. The maximum Gasteiger partial charge on any atom is 0.330 e. The molecule has 1 aliphatic heterocycles. The molecule has 0 atom stereocenters. The summed E-state index contributed by atoms with van der Waals surface area (Å²) in [5, 5.41) is 2.37. The molecule has 2 aliphatic rings. The Kier molecular flexibility index (Phi) is 4.50. The van der Waals surface area contributed by atoms with Gasteiger partial charge < -0.3 is 0 Å². The largest absolute Gasteiger partial charge is 0.330 e. The summed E-state index contributed by atoms with van der Waals surface area (Å²) in [4.78, 5) is 37.8. The number of hydrogen-bond donors (Lipinski definition) is 1. The topological polar surface area (TPSA) is 66.5 Å². The van der Waals surface area contributed by atoms with E-state index in [2.05, 4.69) is 5.32 Å². The van der Waals surface area contributed by atoms with Crippen LogP contribution in [0.3, 0.4) is 0 Å². The number of barbiturate groups is 1. The highest BCUT2D eigenvalue weighted by Crippen LogP contribution is 2.39. The van der Waals surface area contributed by atoms with Crippen molar-refractivity contribution in [2.24, 2.45) is 5.41 Å². The van der Waals surface area contributed by atoms with E-state index in [1.807, 2.05) is 6.26 Å².